The number of hydrogen-bond acceptors (Lipinski definition) is 8. The molecule has 10 heteroatoms. The standard InChI is InChI=1S/C28H40IN3O6/c1-15(10-16(2)12-18(4)34)11-17(3)26(37)28(14-33,32(7)27(38)20(6)31)24(25(36)19(5)30)21-8-9-23(35)22(29)13-21/h8-11,13-14,16,18-20,24,34-35H,12,30-31H2,1-7H3/b15-10+,17-11+/t16-,18-,19-,20-,24?,28-/m0/s1. The molecule has 0 bridgehead atoms. The smallest absolute Gasteiger partial charge is 0.240 e. The number of phenolic OH excluding ortho intramolecular Hbond substituents is 1. The van der Waals surface area contributed by atoms with Crippen molar-refractivity contribution in [1.29, 1.82) is 0 Å². The van der Waals surface area contributed by atoms with Crippen LogP contribution in [0.25, 0.3) is 0 Å². The number of ketones is 2. The number of benzene rings is 1. The fourth-order valence-corrected chi connectivity index (χ4v) is 5.13. The van der Waals surface area contributed by atoms with Gasteiger partial charge in [0.25, 0.3) is 0 Å². The van der Waals surface area contributed by atoms with Gasteiger partial charge in [0, 0.05) is 7.05 Å². The van der Waals surface area contributed by atoms with Crippen LogP contribution < -0.4 is 11.5 Å². The fourth-order valence-electron chi connectivity index (χ4n) is 4.59. The molecule has 1 aromatic rings. The van der Waals surface area contributed by atoms with Crippen LogP contribution in [-0.4, -0.2) is 69.6 Å². The van der Waals surface area contributed by atoms with Crippen LogP contribution in [0.5, 0.6) is 5.75 Å². The highest BCUT2D eigenvalue weighted by Gasteiger charge is 2.55. The third kappa shape index (κ3) is 7.81. The number of aldehydes is 1. The van der Waals surface area contributed by atoms with Gasteiger partial charge in [-0.2, -0.15) is 0 Å². The van der Waals surface area contributed by atoms with Gasteiger partial charge in [0.15, 0.2) is 23.4 Å². The fraction of sp³-hybridized carbons (Fsp3) is 0.500. The van der Waals surface area contributed by atoms with Crippen molar-refractivity contribution in [1.82, 2.24) is 4.90 Å². The summed E-state index contributed by atoms with van der Waals surface area (Å²) in [6.07, 6.45) is 3.80. The van der Waals surface area contributed by atoms with Gasteiger partial charge in [-0.25, -0.2) is 0 Å². The molecule has 6 atom stereocenters. The lowest BCUT2D eigenvalue weighted by Gasteiger charge is -2.43. The van der Waals surface area contributed by atoms with Crippen LogP contribution in [-0.2, 0) is 19.2 Å². The summed E-state index contributed by atoms with van der Waals surface area (Å²) in [5.74, 6) is -3.63. The summed E-state index contributed by atoms with van der Waals surface area (Å²) in [5, 5.41) is 19.7. The third-order valence-corrected chi connectivity index (χ3v) is 7.22. The van der Waals surface area contributed by atoms with Crippen molar-refractivity contribution >= 4 is 46.4 Å². The average Bonchev–Trinajstić information content (AvgIpc) is 2.81. The molecule has 0 aromatic heterocycles. The van der Waals surface area contributed by atoms with Gasteiger partial charge in [-0.3, -0.25) is 14.4 Å². The van der Waals surface area contributed by atoms with Gasteiger partial charge < -0.3 is 31.4 Å². The maximum Gasteiger partial charge on any atom is 0.240 e. The topological polar surface area (TPSA) is 164 Å². The molecule has 9 nitrogen and oxygen atoms in total. The molecule has 0 aliphatic rings. The molecule has 0 radical (unpaired) electrons. The molecule has 0 fully saturated rings. The highest BCUT2D eigenvalue weighted by Crippen LogP contribution is 2.38. The van der Waals surface area contributed by atoms with Crippen molar-refractivity contribution < 1.29 is 29.4 Å². The molecule has 0 heterocycles. The second-order valence-corrected chi connectivity index (χ2v) is 11.3. The molecule has 1 aromatic carbocycles. The van der Waals surface area contributed by atoms with E-state index in [0.29, 0.717) is 21.9 Å². The lowest BCUT2D eigenvalue weighted by molar-refractivity contribution is -0.151. The van der Waals surface area contributed by atoms with E-state index < -0.39 is 47.1 Å². The van der Waals surface area contributed by atoms with E-state index in [4.69, 9.17) is 11.5 Å². The van der Waals surface area contributed by atoms with Crippen LogP contribution in [0.4, 0.5) is 0 Å². The molecule has 0 saturated carbocycles. The number of likely N-dealkylation sites (N-methyl/N-ethyl adjacent to an activating group) is 1. The number of aliphatic hydroxyl groups is 1. The third-order valence-electron chi connectivity index (χ3n) is 6.36. The SMILES string of the molecule is CC(=C\[C@H](C)C[C@H](C)O)/C=C(\C)C(=O)[C@](C=O)(C(C(=O)[C@H](C)N)c1ccc(O)c(I)c1)N(C)C(=O)[C@H](C)N. The Morgan fingerprint density at radius 2 is 1.68 bits per heavy atom. The quantitative estimate of drug-likeness (QED) is 0.0840. The van der Waals surface area contributed by atoms with E-state index in [1.807, 2.05) is 35.6 Å². The van der Waals surface area contributed by atoms with E-state index >= 15 is 0 Å². The molecule has 1 amide bonds. The zero-order valence-corrected chi connectivity index (χ0v) is 25.2. The number of nitrogens with two attached hydrogens (primary N) is 2. The minimum absolute atomic E-state index is 0.0128. The zero-order valence-electron chi connectivity index (χ0n) is 23.1. The molecule has 1 unspecified atom stereocenters. The number of Topliss-reactive ketones (excluding diaryl/α,β-unsaturated/α-hetero) is 2. The molecular weight excluding hydrogens is 601 g/mol. The van der Waals surface area contributed by atoms with E-state index in [0.717, 1.165) is 4.90 Å². The number of amides is 1. The predicted molar refractivity (Wildman–Crippen MR) is 155 cm³/mol. The van der Waals surface area contributed by atoms with Crippen molar-refractivity contribution in [3.8, 4) is 5.75 Å². The lowest BCUT2D eigenvalue weighted by atomic mass is 9.70. The summed E-state index contributed by atoms with van der Waals surface area (Å²) in [6, 6.07) is 2.12. The monoisotopic (exact) mass is 641 g/mol. The van der Waals surface area contributed by atoms with Crippen molar-refractivity contribution in [2.45, 2.75) is 77.6 Å². The largest absolute Gasteiger partial charge is 0.507 e. The van der Waals surface area contributed by atoms with E-state index in [1.54, 1.807) is 19.9 Å². The summed E-state index contributed by atoms with van der Waals surface area (Å²) in [7, 11) is 1.27. The van der Waals surface area contributed by atoms with Crippen molar-refractivity contribution in [3.63, 3.8) is 0 Å². The highest BCUT2D eigenvalue weighted by molar-refractivity contribution is 14.1. The van der Waals surface area contributed by atoms with Gasteiger partial charge in [-0.15, -0.1) is 0 Å². The van der Waals surface area contributed by atoms with E-state index in [-0.39, 0.29) is 22.8 Å². The number of carbonyl (C=O) groups is 4. The maximum absolute atomic E-state index is 14.2. The van der Waals surface area contributed by atoms with Crippen LogP contribution in [0.15, 0.2) is 41.5 Å². The summed E-state index contributed by atoms with van der Waals surface area (Å²) >= 11 is 1.87. The zero-order chi connectivity index (χ0) is 29.5. The Morgan fingerprint density at radius 1 is 1.11 bits per heavy atom. The molecule has 0 aliphatic carbocycles. The van der Waals surface area contributed by atoms with E-state index in [2.05, 4.69) is 0 Å². The first-order valence-corrected chi connectivity index (χ1v) is 13.5. The second-order valence-electron chi connectivity index (χ2n) is 10.1. The molecule has 0 aliphatic heterocycles. The van der Waals surface area contributed by atoms with Gasteiger partial charge in [-0.05, 0) is 92.8 Å². The summed E-state index contributed by atoms with van der Waals surface area (Å²) in [4.78, 5) is 55.0. The van der Waals surface area contributed by atoms with Gasteiger partial charge in [-0.1, -0.05) is 30.7 Å². The van der Waals surface area contributed by atoms with E-state index in [9.17, 15) is 29.4 Å². The molecule has 0 spiro atoms. The Hall–Kier alpha value is -2.41. The number of hydrogen-bond donors (Lipinski definition) is 4. The molecule has 210 valence electrons. The van der Waals surface area contributed by atoms with E-state index in [1.165, 1.54) is 46.0 Å². The minimum Gasteiger partial charge on any atom is -0.507 e. The average molecular weight is 642 g/mol. The summed E-state index contributed by atoms with van der Waals surface area (Å²) in [5.41, 5.74) is 10.6. The van der Waals surface area contributed by atoms with Crippen molar-refractivity contribution in [3.05, 3.63) is 50.6 Å². The highest BCUT2D eigenvalue weighted by atomic mass is 127. The lowest BCUT2D eigenvalue weighted by Crippen LogP contribution is -2.65. The number of carbonyl (C=O) groups excluding carboxylic acids is 4. The number of halogens is 1. The second kappa shape index (κ2) is 14.1. The van der Waals surface area contributed by atoms with Crippen LogP contribution in [0.1, 0.15) is 59.4 Å². The number of aromatic hydroxyl groups is 1. The number of aliphatic hydroxyl groups excluding tert-OH is 1. The Morgan fingerprint density at radius 3 is 2.13 bits per heavy atom. The van der Waals surface area contributed by atoms with Gasteiger partial charge in [0.1, 0.15) is 5.75 Å². The number of nitrogens with zero attached hydrogens (tertiary/aromatic N) is 1. The number of rotatable bonds is 13. The first-order chi connectivity index (χ1) is 17.5. The van der Waals surface area contributed by atoms with Crippen LogP contribution in [0.3, 0.4) is 0 Å². The van der Waals surface area contributed by atoms with Gasteiger partial charge >= 0.3 is 0 Å². The van der Waals surface area contributed by atoms with Crippen LogP contribution in [0.2, 0.25) is 0 Å². The van der Waals surface area contributed by atoms with Crippen molar-refractivity contribution in [2.75, 3.05) is 7.05 Å². The first-order valence-electron chi connectivity index (χ1n) is 12.4. The minimum atomic E-state index is -2.30. The maximum atomic E-state index is 14.2. The van der Waals surface area contributed by atoms with Crippen molar-refractivity contribution in [2.24, 2.45) is 17.4 Å². The normalized spacial score (nSPS) is 18.0. The molecule has 0 saturated heterocycles. The van der Waals surface area contributed by atoms with Crippen LogP contribution in [0, 0.1) is 9.49 Å². The number of phenols is 1. The Labute approximate surface area is 238 Å². The molecule has 6 N–H and O–H groups in total. The number of allylic oxidation sites excluding steroid dienone is 3. The molecular formula is C28H40IN3O6. The Kier molecular flexibility index (Phi) is 12.5. The molecule has 1 rings (SSSR count). The Bertz CT molecular complexity index is 1110. The van der Waals surface area contributed by atoms with Gasteiger partial charge in [0.05, 0.1) is 27.7 Å². The predicted octanol–water partition coefficient (Wildman–Crippen LogP) is 2.61. The van der Waals surface area contributed by atoms with Crippen LogP contribution >= 0.6 is 22.6 Å². The summed E-state index contributed by atoms with van der Waals surface area (Å²) < 4.78 is 0.383. The Balaban J connectivity index is 3.96. The first kappa shape index (κ1) is 33.6. The molecule has 38 heavy (non-hydrogen) atoms. The van der Waals surface area contributed by atoms with Gasteiger partial charge in [0.2, 0.25) is 5.91 Å². The summed E-state index contributed by atoms with van der Waals surface area (Å²) in [6.45, 7) is 9.76.